The molecular weight excluding hydrogens is 282 g/mol. The number of amides is 1. The molecule has 0 atom stereocenters. The van der Waals surface area contributed by atoms with Crippen LogP contribution in [0, 0.1) is 17.0 Å². The maximum absolute atomic E-state index is 11.6. The molecule has 0 spiro atoms. The topological polar surface area (TPSA) is 103 Å². The van der Waals surface area contributed by atoms with E-state index in [1.807, 2.05) is 6.92 Å². The van der Waals surface area contributed by atoms with Gasteiger partial charge < -0.3 is 5.32 Å². The highest BCUT2D eigenvalue weighted by molar-refractivity contribution is 7.11. The summed E-state index contributed by atoms with van der Waals surface area (Å²) in [6.45, 7) is 2.66. The number of thiazole rings is 1. The fourth-order valence-corrected chi connectivity index (χ4v) is 2.28. The third-order valence-corrected chi connectivity index (χ3v) is 3.44. The van der Waals surface area contributed by atoms with Gasteiger partial charge in [0.25, 0.3) is 0 Å². The summed E-state index contributed by atoms with van der Waals surface area (Å²) in [5, 5.41) is 18.0. The predicted octanol–water partition coefficient (Wildman–Crippen LogP) is 1.26. The van der Waals surface area contributed by atoms with Crippen molar-refractivity contribution >= 4 is 22.9 Å². The molecule has 20 heavy (non-hydrogen) atoms. The number of nitrogens with zero attached hydrogens (tertiary/aromatic N) is 4. The Bertz CT molecular complexity index is 621. The van der Waals surface area contributed by atoms with Crippen LogP contribution in [-0.4, -0.2) is 25.6 Å². The highest BCUT2D eigenvalue weighted by Crippen LogP contribution is 2.11. The lowest BCUT2D eigenvalue weighted by molar-refractivity contribution is -0.385. The van der Waals surface area contributed by atoms with Crippen LogP contribution in [0.15, 0.2) is 18.6 Å². The molecule has 0 unspecified atom stereocenters. The Morgan fingerprint density at radius 1 is 1.55 bits per heavy atom. The number of hydrogen-bond acceptors (Lipinski definition) is 6. The first-order chi connectivity index (χ1) is 9.54. The van der Waals surface area contributed by atoms with E-state index in [-0.39, 0.29) is 18.0 Å². The Hall–Kier alpha value is -2.29. The molecule has 2 aromatic heterocycles. The van der Waals surface area contributed by atoms with Gasteiger partial charge >= 0.3 is 5.69 Å². The van der Waals surface area contributed by atoms with E-state index in [0.29, 0.717) is 13.1 Å². The van der Waals surface area contributed by atoms with Crippen molar-refractivity contribution in [1.82, 2.24) is 20.1 Å². The minimum Gasteiger partial charge on any atom is -0.351 e. The standard InChI is InChI=1S/C11H13N5O3S/c1-8-12-5-10(20-8)6-13-11(17)2-3-15-7-9(4-14-15)16(18)19/h4-5,7H,2-3,6H2,1H3,(H,13,17). The van der Waals surface area contributed by atoms with Gasteiger partial charge in [-0.25, -0.2) is 4.98 Å². The molecule has 2 heterocycles. The van der Waals surface area contributed by atoms with Gasteiger partial charge in [-0.1, -0.05) is 0 Å². The van der Waals surface area contributed by atoms with Crippen molar-refractivity contribution in [1.29, 1.82) is 0 Å². The normalized spacial score (nSPS) is 10.4. The van der Waals surface area contributed by atoms with Gasteiger partial charge in [0.2, 0.25) is 5.91 Å². The van der Waals surface area contributed by atoms with Gasteiger partial charge in [-0.15, -0.1) is 11.3 Å². The van der Waals surface area contributed by atoms with E-state index in [1.54, 1.807) is 6.20 Å². The number of aromatic nitrogens is 3. The Morgan fingerprint density at radius 3 is 2.95 bits per heavy atom. The van der Waals surface area contributed by atoms with E-state index >= 15 is 0 Å². The first-order valence-corrected chi connectivity index (χ1v) is 6.71. The summed E-state index contributed by atoms with van der Waals surface area (Å²) < 4.78 is 1.38. The average molecular weight is 295 g/mol. The highest BCUT2D eigenvalue weighted by atomic mass is 32.1. The van der Waals surface area contributed by atoms with Crippen LogP contribution < -0.4 is 5.32 Å². The largest absolute Gasteiger partial charge is 0.351 e. The van der Waals surface area contributed by atoms with E-state index in [4.69, 9.17) is 0 Å². The molecule has 0 aliphatic carbocycles. The summed E-state index contributed by atoms with van der Waals surface area (Å²) in [5.74, 6) is -0.130. The van der Waals surface area contributed by atoms with Gasteiger partial charge in [0.05, 0.1) is 16.5 Å². The smallest absolute Gasteiger partial charge is 0.306 e. The third kappa shape index (κ3) is 3.85. The second-order valence-electron chi connectivity index (χ2n) is 4.09. The Kier molecular flexibility index (Phi) is 4.41. The van der Waals surface area contributed by atoms with Gasteiger partial charge in [0, 0.05) is 24.0 Å². The third-order valence-electron chi connectivity index (χ3n) is 2.53. The van der Waals surface area contributed by atoms with Gasteiger partial charge in [0.15, 0.2) is 0 Å². The molecule has 0 radical (unpaired) electrons. The molecule has 1 amide bonds. The summed E-state index contributed by atoms with van der Waals surface area (Å²) in [6.07, 6.45) is 4.42. The molecule has 2 rings (SSSR count). The van der Waals surface area contributed by atoms with E-state index in [2.05, 4.69) is 15.4 Å². The number of aryl methyl sites for hydroxylation is 2. The fraction of sp³-hybridized carbons (Fsp3) is 0.364. The van der Waals surface area contributed by atoms with Crippen LogP contribution in [0.5, 0.6) is 0 Å². The van der Waals surface area contributed by atoms with E-state index in [9.17, 15) is 14.9 Å². The molecule has 106 valence electrons. The quantitative estimate of drug-likeness (QED) is 0.638. The van der Waals surface area contributed by atoms with Crippen molar-refractivity contribution in [3.63, 3.8) is 0 Å². The maximum Gasteiger partial charge on any atom is 0.306 e. The first kappa shape index (κ1) is 14.1. The van der Waals surface area contributed by atoms with Gasteiger partial charge in [-0.2, -0.15) is 5.10 Å². The second kappa shape index (κ2) is 6.24. The number of carbonyl (C=O) groups is 1. The number of carbonyl (C=O) groups excluding carboxylic acids is 1. The maximum atomic E-state index is 11.6. The summed E-state index contributed by atoms with van der Waals surface area (Å²) in [5.41, 5.74) is -0.0782. The molecule has 0 saturated carbocycles. The lowest BCUT2D eigenvalue weighted by atomic mass is 10.4. The lowest BCUT2D eigenvalue weighted by Gasteiger charge is -2.03. The van der Waals surface area contributed by atoms with Crippen LogP contribution in [0.3, 0.4) is 0 Å². The van der Waals surface area contributed by atoms with Gasteiger partial charge in [0.1, 0.15) is 12.4 Å². The first-order valence-electron chi connectivity index (χ1n) is 5.89. The van der Waals surface area contributed by atoms with Crippen LogP contribution in [-0.2, 0) is 17.9 Å². The van der Waals surface area contributed by atoms with Crippen molar-refractivity contribution < 1.29 is 9.72 Å². The number of nitro groups is 1. The molecule has 0 fully saturated rings. The second-order valence-corrected chi connectivity index (χ2v) is 5.41. The van der Waals surface area contributed by atoms with Crippen LogP contribution in [0.2, 0.25) is 0 Å². The molecule has 9 heteroatoms. The zero-order valence-electron chi connectivity index (χ0n) is 10.8. The molecular formula is C11H13N5O3S. The van der Waals surface area contributed by atoms with Crippen LogP contribution >= 0.6 is 11.3 Å². The summed E-state index contributed by atoms with van der Waals surface area (Å²) in [7, 11) is 0. The molecule has 0 aromatic carbocycles. The van der Waals surface area contributed by atoms with E-state index in [0.717, 1.165) is 16.1 Å². The summed E-state index contributed by atoms with van der Waals surface area (Å²) in [6, 6.07) is 0. The molecule has 0 bridgehead atoms. The molecule has 0 aliphatic heterocycles. The van der Waals surface area contributed by atoms with Crippen molar-refractivity contribution in [3.05, 3.63) is 38.6 Å². The Morgan fingerprint density at radius 2 is 2.35 bits per heavy atom. The van der Waals surface area contributed by atoms with Crippen molar-refractivity contribution in [2.24, 2.45) is 0 Å². The van der Waals surface area contributed by atoms with Crippen molar-refractivity contribution in [2.75, 3.05) is 0 Å². The minimum absolute atomic E-state index is 0.0782. The van der Waals surface area contributed by atoms with E-state index < -0.39 is 4.92 Å². The zero-order chi connectivity index (χ0) is 14.5. The lowest BCUT2D eigenvalue weighted by Crippen LogP contribution is -2.23. The van der Waals surface area contributed by atoms with Crippen molar-refractivity contribution in [3.8, 4) is 0 Å². The summed E-state index contributed by atoms with van der Waals surface area (Å²) >= 11 is 1.53. The molecule has 2 aromatic rings. The van der Waals surface area contributed by atoms with E-state index in [1.165, 1.54) is 22.2 Å². The Balaban J connectivity index is 1.75. The monoisotopic (exact) mass is 295 g/mol. The Labute approximate surface area is 118 Å². The molecule has 0 aliphatic rings. The SMILES string of the molecule is Cc1ncc(CNC(=O)CCn2cc([N+](=O)[O-])cn2)s1. The minimum atomic E-state index is -0.518. The fourth-order valence-electron chi connectivity index (χ4n) is 1.55. The van der Waals surface area contributed by atoms with Crippen LogP contribution in [0.25, 0.3) is 0 Å². The molecule has 1 N–H and O–H groups in total. The number of nitrogens with one attached hydrogen (secondary N) is 1. The average Bonchev–Trinajstić information content (AvgIpc) is 3.03. The predicted molar refractivity (Wildman–Crippen MR) is 72.2 cm³/mol. The van der Waals surface area contributed by atoms with Crippen LogP contribution in [0.4, 0.5) is 5.69 Å². The zero-order valence-corrected chi connectivity index (χ0v) is 11.6. The van der Waals surface area contributed by atoms with Gasteiger partial charge in [-0.05, 0) is 6.92 Å². The summed E-state index contributed by atoms with van der Waals surface area (Å²) in [4.78, 5) is 26.7. The number of hydrogen-bond donors (Lipinski definition) is 1. The van der Waals surface area contributed by atoms with Crippen LogP contribution in [0.1, 0.15) is 16.3 Å². The number of rotatable bonds is 6. The van der Waals surface area contributed by atoms with Crippen molar-refractivity contribution in [2.45, 2.75) is 26.4 Å². The molecule has 8 nitrogen and oxygen atoms in total. The highest BCUT2D eigenvalue weighted by Gasteiger charge is 2.10. The van der Waals surface area contributed by atoms with Gasteiger partial charge in [-0.3, -0.25) is 19.6 Å². The molecule has 0 saturated heterocycles.